The number of rotatable bonds is 7. The van der Waals surface area contributed by atoms with Crippen molar-refractivity contribution in [1.82, 2.24) is 10.2 Å². The SMILES string of the molecule is CCCC1NC(C2CCCC2)N(C(CC)CSC)C1=O. The number of hydrogen-bond donors (Lipinski definition) is 1. The Balaban J connectivity index is 2.14. The molecule has 0 aromatic rings. The van der Waals surface area contributed by atoms with Gasteiger partial charge < -0.3 is 4.90 Å². The molecule has 1 aliphatic heterocycles. The van der Waals surface area contributed by atoms with E-state index in [2.05, 4.69) is 30.3 Å². The van der Waals surface area contributed by atoms with Gasteiger partial charge in [-0.2, -0.15) is 11.8 Å². The van der Waals surface area contributed by atoms with E-state index in [0.29, 0.717) is 24.0 Å². The zero-order valence-corrected chi connectivity index (χ0v) is 14.0. The predicted octanol–water partition coefficient (Wildman–Crippen LogP) is 3.24. The van der Waals surface area contributed by atoms with Crippen LogP contribution in [0.3, 0.4) is 0 Å². The third-order valence-electron chi connectivity index (χ3n) is 4.87. The Hall–Kier alpha value is -0.220. The van der Waals surface area contributed by atoms with Gasteiger partial charge >= 0.3 is 0 Å². The van der Waals surface area contributed by atoms with Gasteiger partial charge in [-0.1, -0.05) is 33.1 Å². The Kier molecular flexibility index (Phi) is 6.21. The highest BCUT2D eigenvalue weighted by molar-refractivity contribution is 7.98. The maximum absolute atomic E-state index is 12.8. The second kappa shape index (κ2) is 7.69. The van der Waals surface area contributed by atoms with Crippen molar-refractivity contribution in [3.8, 4) is 0 Å². The van der Waals surface area contributed by atoms with Gasteiger partial charge in [-0.3, -0.25) is 10.1 Å². The van der Waals surface area contributed by atoms with Gasteiger partial charge in [-0.25, -0.2) is 0 Å². The molecule has 2 fully saturated rings. The third kappa shape index (κ3) is 3.33. The average Bonchev–Trinajstić information content (AvgIpc) is 3.06. The topological polar surface area (TPSA) is 32.3 Å². The van der Waals surface area contributed by atoms with Crippen molar-refractivity contribution in [1.29, 1.82) is 0 Å². The fourth-order valence-corrected chi connectivity index (χ4v) is 4.58. The highest BCUT2D eigenvalue weighted by atomic mass is 32.2. The normalized spacial score (nSPS) is 29.4. The van der Waals surface area contributed by atoms with Crippen LogP contribution in [0.1, 0.15) is 58.8 Å². The summed E-state index contributed by atoms with van der Waals surface area (Å²) in [6, 6.07) is 0.471. The Morgan fingerprint density at radius 1 is 1.35 bits per heavy atom. The summed E-state index contributed by atoms with van der Waals surface area (Å²) in [7, 11) is 0. The van der Waals surface area contributed by atoms with Gasteiger partial charge in [0.2, 0.25) is 5.91 Å². The van der Waals surface area contributed by atoms with Crippen molar-refractivity contribution in [3.63, 3.8) is 0 Å². The summed E-state index contributed by atoms with van der Waals surface area (Å²) in [6.45, 7) is 4.38. The van der Waals surface area contributed by atoms with E-state index in [1.807, 2.05) is 11.8 Å². The largest absolute Gasteiger partial charge is 0.322 e. The quantitative estimate of drug-likeness (QED) is 0.783. The molecule has 1 saturated heterocycles. The van der Waals surface area contributed by atoms with E-state index in [-0.39, 0.29) is 6.04 Å². The minimum atomic E-state index is 0.0708. The summed E-state index contributed by atoms with van der Waals surface area (Å²) in [5.41, 5.74) is 0. The molecule has 2 rings (SSSR count). The van der Waals surface area contributed by atoms with Crippen molar-refractivity contribution in [2.75, 3.05) is 12.0 Å². The van der Waals surface area contributed by atoms with E-state index < -0.39 is 0 Å². The van der Waals surface area contributed by atoms with Crippen LogP contribution < -0.4 is 5.32 Å². The van der Waals surface area contributed by atoms with Crippen molar-refractivity contribution in [3.05, 3.63) is 0 Å². The molecule has 116 valence electrons. The van der Waals surface area contributed by atoms with Gasteiger partial charge in [0.05, 0.1) is 12.2 Å². The first-order chi connectivity index (χ1) is 9.72. The Bertz CT molecular complexity index is 318. The van der Waals surface area contributed by atoms with Gasteiger partial charge in [0.1, 0.15) is 0 Å². The molecule has 0 aromatic heterocycles. The summed E-state index contributed by atoms with van der Waals surface area (Å²) >= 11 is 1.86. The molecule has 1 amide bonds. The van der Waals surface area contributed by atoms with Crippen molar-refractivity contribution in [2.24, 2.45) is 5.92 Å². The van der Waals surface area contributed by atoms with Gasteiger partial charge in [0.15, 0.2) is 0 Å². The van der Waals surface area contributed by atoms with E-state index in [9.17, 15) is 4.79 Å². The molecule has 20 heavy (non-hydrogen) atoms. The van der Waals surface area contributed by atoms with Crippen molar-refractivity contribution in [2.45, 2.75) is 77.0 Å². The van der Waals surface area contributed by atoms with Crippen molar-refractivity contribution < 1.29 is 4.79 Å². The first kappa shape index (κ1) is 16.2. The van der Waals surface area contributed by atoms with Crippen LogP contribution in [-0.4, -0.2) is 41.1 Å². The zero-order valence-electron chi connectivity index (χ0n) is 13.2. The van der Waals surface area contributed by atoms with Gasteiger partial charge in [-0.15, -0.1) is 0 Å². The van der Waals surface area contributed by atoms with Crippen LogP contribution in [0.2, 0.25) is 0 Å². The lowest BCUT2D eigenvalue weighted by molar-refractivity contribution is -0.132. The van der Waals surface area contributed by atoms with Crippen LogP contribution in [0.5, 0.6) is 0 Å². The second-order valence-corrected chi connectivity index (χ2v) is 7.17. The molecule has 1 saturated carbocycles. The molecule has 1 heterocycles. The number of amides is 1. The third-order valence-corrected chi connectivity index (χ3v) is 5.59. The molecular formula is C16H30N2OS. The monoisotopic (exact) mass is 298 g/mol. The first-order valence-electron chi connectivity index (χ1n) is 8.30. The van der Waals surface area contributed by atoms with Crippen LogP contribution in [0.15, 0.2) is 0 Å². The molecule has 3 atom stereocenters. The lowest BCUT2D eigenvalue weighted by atomic mass is 10.0. The minimum Gasteiger partial charge on any atom is -0.322 e. The number of hydrogen-bond acceptors (Lipinski definition) is 3. The highest BCUT2D eigenvalue weighted by Gasteiger charge is 2.44. The van der Waals surface area contributed by atoms with E-state index in [1.165, 1.54) is 25.7 Å². The Labute approximate surface area is 128 Å². The minimum absolute atomic E-state index is 0.0708. The molecule has 3 unspecified atom stereocenters. The van der Waals surface area contributed by atoms with Crippen LogP contribution in [-0.2, 0) is 4.79 Å². The number of carbonyl (C=O) groups is 1. The summed E-state index contributed by atoms with van der Waals surface area (Å²) in [6.07, 6.45) is 10.8. The molecule has 3 nitrogen and oxygen atoms in total. The summed E-state index contributed by atoms with van der Waals surface area (Å²) in [5, 5.41) is 3.67. The molecule has 1 N–H and O–H groups in total. The molecular weight excluding hydrogens is 268 g/mol. The van der Waals surface area contributed by atoms with Crippen LogP contribution in [0, 0.1) is 5.92 Å². The van der Waals surface area contributed by atoms with Crippen LogP contribution in [0.25, 0.3) is 0 Å². The maximum Gasteiger partial charge on any atom is 0.241 e. The maximum atomic E-state index is 12.8. The first-order valence-corrected chi connectivity index (χ1v) is 9.69. The standard InChI is InChI=1S/C16H30N2OS/c1-4-8-14-16(19)18(13(5-2)11-20-3)15(17-14)12-9-6-7-10-12/h12-15,17H,4-11H2,1-3H3. The molecule has 0 bridgehead atoms. The molecule has 2 aliphatic rings. The summed E-state index contributed by atoms with van der Waals surface area (Å²) in [5.74, 6) is 2.10. The summed E-state index contributed by atoms with van der Waals surface area (Å²) < 4.78 is 0. The average molecular weight is 298 g/mol. The van der Waals surface area contributed by atoms with Crippen molar-refractivity contribution >= 4 is 17.7 Å². The molecule has 0 aromatic carbocycles. The molecule has 1 aliphatic carbocycles. The van der Waals surface area contributed by atoms with Crippen LogP contribution in [0.4, 0.5) is 0 Å². The summed E-state index contributed by atoms with van der Waals surface area (Å²) in [4.78, 5) is 15.0. The van der Waals surface area contributed by atoms with Gasteiger partial charge in [-0.05, 0) is 37.9 Å². The van der Waals surface area contributed by atoms with E-state index in [1.54, 1.807) is 0 Å². The molecule has 4 heteroatoms. The highest BCUT2D eigenvalue weighted by Crippen LogP contribution is 2.34. The fraction of sp³-hybridized carbons (Fsp3) is 0.938. The smallest absolute Gasteiger partial charge is 0.241 e. The number of nitrogens with one attached hydrogen (secondary N) is 1. The zero-order chi connectivity index (χ0) is 14.5. The lowest BCUT2D eigenvalue weighted by Crippen LogP contribution is -2.48. The number of thioether (sulfide) groups is 1. The lowest BCUT2D eigenvalue weighted by Gasteiger charge is -2.35. The Morgan fingerprint density at radius 2 is 2.05 bits per heavy atom. The fourth-order valence-electron chi connectivity index (χ4n) is 3.80. The Morgan fingerprint density at radius 3 is 2.60 bits per heavy atom. The van der Waals surface area contributed by atoms with E-state index in [0.717, 1.165) is 25.0 Å². The molecule has 0 spiro atoms. The number of nitrogens with zero attached hydrogens (tertiary/aromatic N) is 1. The van der Waals surface area contributed by atoms with Gasteiger partial charge in [0, 0.05) is 11.8 Å². The molecule has 0 radical (unpaired) electrons. The number of carbonyl (C=O) groups excluding carboxylic acids is 1. The van der Waals surface area contributed by atoms with E-state index in [4.69, 9.17) is 0 Å². The second-order valence-electron chi connectivity index (χ2n) is 6.26. The van der Waals surface area contributed by atoms with E-state index >= 15 is 0 Å². The van der Waals surface area contributed by atoms with Crippen LogP contribution >= 0.6 is 11.8 Å². The van der Waals surface area contributed by atoms with Gasteiger partial charge in [0.25, 0.3) is 0 Å². The predicted molar refractivity (Wildman–Crippen MR) is 86.9 cm³/mol.